The summed E-state index contributed by atoms with van der Waals surface area (Å²) in [6.07, 6.45) is 2.01. The Labute approximate surface area is 103 Å². The molecule has 0 bridgehead atoms. The number of nitrogens with one attached hydrogen (secondary N) is 1. The van der Waals surface area contributed by atoms with E-state index < -0.39 is 0 Å². The molecule has 0 spiro atoms. The number of hydrazine groups is 1. The molecule has 6 heteroatoms. The van der Waals surface area contributed by atoms with Crippen LogP contribution in [0.15, 0.2) is 17.5 Å². The summed E-state index contributed by atoms with van der Waals surface area (Å²) in [5.41, 5.74) is 3.81. The summed E-state index contributed by atoms with van der Waals surface area (Å²) >= 11 is 3.20. The van der Waals surface area contributed by atoms with Crippen LogP contribution in [0, 0.1) is 6.92 Å². The lowest BCUT2D eigenvalue weighted by Gasteiger charge is -2.13. The van der Waals surface area contributed by atoms with Gasteiger partial charge in [0.05, 0.1) is 16.6 Å². The van der Waals surface area contributed by atoms with Gasteiger partial charge in [-0.2, -0.15) is 0 Å². The fourth-order valence-electron chi connectivity index (χ4n) is 1.59. The summed E-state index contributed by atoms with van der Waals surface area (Å²) in [7, 11) is 0. The van der Waals surface area contributed by atoms with Gasteiger partial charge in [-0.25, -0.2) is 0 Å². The van der Waals surface area contributed by atoms with E-state index >= 15 is 0 Å². The summed E-state index contributed by atoms with van der Waals surface area (Å²) in [6, 6.07) is 4.38. The van der Waals surface area contributed by atoms with Gasteiger partial charge in [-0.15, -0.1) is 16.4 Å². The molecule has 2 aromatic rings. The molecule has 0 aromatic carbocycles. The van der Waals surface area contributed by atoms with E-state index in [0.717, 1.165) is 23.4 Å². The second-order valence-corrected chi connectivity index (χ2v) is 5.38. The number of thiophene rings is 1. The molecule has 0 fully saturated rings. The number of hydrogen-bond acceptors (Lipinski definition) is 6. The fourth-order valence-corrected chi connectivity index (χ4v) is 3.05. The zero-order chi connectivity index (χ0) is 11.4. The molecule has 1 unspecified atom stereocenters. The first-order chi connectivity index (χ1) is 7.81. The predicted molar refractivity (Wildman–Crippen MR) is 67.4 cm³/mol. The normalized spacial score (nSPS) is 12.9. The largest absolute Gasteiger partial charge is 0.271 e. The van der Waals surface area contributed by atoms with Gasteiger partial charge in [0, 0.05) is 4.88 Å². The quantitative estimate of drug-likeness (QED) is 0.633. The SMILES string of the molecule is Cc1nnsc1C(CCc1cccs1)NN. The van der Waals surface area contributed by atoms with Crippen LogP contribution in [0.3, 0.4) is 0 Å². The highest BCUT2D eigenvalue weighted by Crippen LogP contribution is 2.24. The molecule has 4 nitrogen and oxygen atoms in total. The first kappa shape index (κ1) is 11.7. The van der Waals surface area contributed by atoms with Crippen molar-refractivity contribution in [2.24, 2.45) is 5.84 Å². The number of nitrogens with two attached hydrogens (primary N) is 1. The topological polar surface area (TPSA) is 63.8 Å². The van der Waals surface area contributed by atoms with Crippen molar-refractivity contribution in [1.82, 2.24) is 15.0 Å². The smallest absolute Gasteiger partial charge is 0.0773 e. The number of aryl methyl sites for hydroxylation is 2. The molecule has 0 aliphatic rings. The van der Waals surface area contributed by atoms with Gasteiger partial charge in [-0.05, 0) is 42.7 Å². The molecule has 0 aliphatic heterocycles. The summed E-state index contributed by atoms with van der Waals surface area (Å²) < 4.78 is 3.93. The molecule has 2 aromatic heterocycles. The Hall–Kier alpha value is -0.820. The molecule has 0 aliphatic carbocycles. The number of rotatable bonds is 5. The first-order valence-electron chi connectivity index (χ1n) is 5.08. The van der Waals surface area contributed by atoms with Crippen LogP contribution in [0.5, 0.6) is 0 Å². The van der Waals surface area contributed by atoms with E-state index in [0.29, 0.717) is 0 Å². The highest BCUT2D eigenvalue weighted by atomic mass is 32.1. The maximum atomic E-state index is 5.58. The van der Waals surface area contributed by atoms with Crippen molar-refractivity contribution in [2.45, 2.75) is 25.8 Å². The third-order valence-corrected chi connectivity index (χ3v) is 4.34. The predicted octanol–water partition coefficient (Wildman–Crippen LogP) is 2.05. The summed E-state index contributed by atoms with van der Waals surface area (Å²) in [5.74, 6) is 5.58. The van der Waals surface area contributed by atoms with E-state index in [1.165, 1.54) is 16.4 Å². The number of nitrogens with zero attached hydrogens (tertiary/aromatic N) is 2. The van der Waals surface area contributed by atoms with Crippen LogP contribution in [-0.4, -0.2) is 9.59 Å². The minimum Gasteiger partial charge on any atom is -0.271 e. The molecule has 1 atom stereocenters. The number of hydrogen-bond donors (Lipinski definition) is 2. The fraction of sp³-hybridized carbons (Fsp3) is 0.400. The van der Waals surface area contributed by atoms with Crippen LogP contribution < -0.4 is 11.3 Å². The number of aromatic nitrogens is 2. The average Bonchev–Trinajstić information content (AvgIpc) is 2.92. The van der Waals surface area contributed by atoms with Gasteiger partial charge in [0.25, 0.3) is 0 Å². The van der Waals surface area contributed by atoms with Crippen molar-refractivity contribution in [3.05, 3.63) is 33.0 Å². The Morgan fingerprint density at radius 1 is 1.56 bits per heavy atom. The van der Waals surface area contributed by atoms with Crippen molar-refractivity contribution in [3.8, 4) is 0 Å². The van der Waals surface area contributed by atoms with Crippen LogP contribution in [0.4, 0.5) is 0 Å². The lowest BCUT2D eigenvalue weighted by molar-refractivity contribution is 0.523. The lowest BCUT2D eigenvalue weighted by atomic mass is 10.1. The van der Waals surface area contributed by atoms with Gasteiger partial charge in [-0.1, -0.05) is 10.6 Å². The Balaban J connectivity index is 1.99. The second-order valence-electron chi connectivity index (χ2n) is 3.56. The van der Waals surface area contributed by atoms with Gasteiger partial charge >= 0.3 is 0 Å². The Kier molecular flexibility index (Phi) is 4.00. The second kappa shape index (κ2) is 5.49. The zero-order valence-corrected chi connectivity index (χ0v) is 10.6. The van der Waals surface area contributed by atoms with E-state index in [2.05, 4.69) is 32.5 Å². The third-order valence-electron chi connectivity index (χ3n) is 2.46. The van der Waals surface area contributed by atoms with Gasteiger partial charge in [-0.3, -0.25) is 11.3 Å². The summed E-state index contributed by atoms with van der Waals surface area (Å²) in [5, 5.41) is 6.10. The van der Waals surface area contributed by atoms with Crippen molar-refractivity contribution >= 4 is 22.9 Å². The Morgan fingerprint density at radius 3 is 3.00 bits per heavy atom. The minimum atomic E-state index is 0.155. The van der Waals surface area contributed by atoms with E-state index in [1.54, 1.807) is 11.3 Å². The van der Waals surface area contributed by atoms with Crippen molar-refractivity contribution < 1.29 is 0 Å². The molecular formula is C10H14N4S2. The van der Waals surface area contributed by atoms with E-state index in [1.807, 2.05) is 6.92 Å². The Morgan fingerprint density at radius 2 is 2.44 bits per heavy atom. The zero-order valence-electron chi connectivity index (χ0n) is 9.01. The summed E-state index contributed by atoms with van der Waals surface area (Å²) in [4.78, 5) is 2.52. The van der Waals surface area contributed by atoms with Crippen molar-refractivity contribution in [1.29, 1.82) is 0 Å². The van der Waals surface area contributed by atoms with Crippen LogP contribution >= 0.6 is 22.9 Å². The molecule has 0 radical (unpaired) electrons. The monoisotopic (exact) mass is 254 g/mol. The molecule has 2 heterocycles. The van der Waals surface area contributed by atoms with Gasteiger partial charge in [0.15, 0.2) is 0 Å². The average molecular weight is 254 g/mol. The molecule has 2 rings (SSSR count). The van der Waals surface area contributed by atoms with Crippen LogP contribution in [-0.2, 0) is 6.42 Å². The molecule has 0 saturated heterocycles. The van der Waals surface area contributed by atoms with Gasteiger partial charge in [0.1, 0.15) is 0 Å². The van der Waals surface area contributed by atoms with E-state index in [-0.39, 0.29) is 6.04 Å². The van der Waals surface area contributed by atoms with Crippen LogP contribution in [0.25, 0.3) is 0 Å². The van der Waals surface area contributed by atoms with Crippen LogP contribution in [0.1, 0.15) is 27.9 Å². The molecule has 3 N–H and O–H groups in total. The molecule has 86 valence electrons. The van der Waals surface area contributed by atoms with E-state index in [4.69, 9.17) is 5.84 Å². The minimum absolute atomic E-state index is 0.155. The van der Waals surface area contributed by atoms with Crippen molar-refractivity contribution in [2.75, 3.05) is 0 Å². The Bertz CT molecular complexity index is 424. The highest BCUT2D eigenvalue weighted by Gasteiger charge is 2.15. The standard InChI is InChI=1S/C10H14N4S2/c1-7-10(16-14-13-7)9(12-11)5-4-8-3-2-6-15-8/h2-3,6,9,12H,4-5,11H2,1H3. The van der Waals surface area contributed by atoms with Crippen LogP contribution in [0.2, 0.25) is 0 Å². The van der Waals surface area contributed by atoms with Gasteiger partial charge in [0.2, 0.25) is 0 Å². The van der Waals surface area contributed by atoms with Gasteiger partial charge < -0.3 is 0 Å². The third kappa shape index (κ3) is 2.65. The maximum absolute atomic E-state index is 5.58. The molecule has 16 heavy (non-hydrogen) atoms. The first-order valence-corrected chi connectivity index (χ1v) is 6.74. The molecule has 0 amide bonds. The van der Waals surface area contributed by atoms with Crippen molar-refractivity contribution in [3.63, 3.8) is 0 Å². The molecular weight excluding hydrogens is 240 g/mol. The maximum Gasteiger partial charge on any atom is 0.0773 e. The lowest BCUT2D eigenvalue weighted by Crippen LogP contribution is -2.28. The highest BCUT2D eigenvalue weighted by molar-refractivity contribution is 7.09. The van der Waals surface area contributed by atoms with E-state index in [9.17, 15) is 0 Å². The molecule has 0 saturated carbocycles. The summed E-state index contributed by atoms with van der Waals surface area (Å²) in [6.45, 7) is 1.97.